The summed E-state index contributed by atoms with van der Waals surface area (Å²) in [6.45, 7) is 2.29. The first-order valence-corrected chi connectivity index (χ1v) is 11.9. The molecule has 3 aromatic carbocycles. The molecule has 3 amide bonds. The van der Waals surface area contributed by atoms with Gasteiger partial charge < -0.3 is 15.1 Å². The van der Waals surface area contributed by atoms with Crippen LogP contribution in [0.2, 0.25) is 0 Å². The van der Waals surface area contributed by atoms with Crippen LogP contribution in [-0.2, 0) is 6.54 Å². The highest BCUT2D eigenvalue weighted by Crippen LogP contribution is 2.20. The maximum absolute atomic E-state index is 13.0. The Hall–Kier alpha value is -4.70. The van der Waals surface area contributed by atoms with Gasteiger partial charge in [0.15, 0.2) is 5.82 Å². The van der Waals surface area contributed by atoms with Crippen LogP contribution in [0.5, 0.6) is 0 Å². The van der Waals surface area contributed by atoms with Crippen molar-refractivity contribution < 1.29 is 19.6 Å². The molecule has 4 aromatic rings. The summed E-state index contributed by atoms with van der Waals surface area (Å²) in [6, 6.07) is 21.5. The SMILES string of the molecule is O=C(NO)c1ccc(C(=O)N2CCN(C(=O)c3ccc(CNc4n[nH]c5ccccc45)cc3)CC2)cc1. The van der Waals surface area contributed by atoms with Crippen LogP contribution in [0, 0.1) is 0 Å². The second-order valence-corrected chi connectivity index (χ2v) is 8.77. The van der Waals surface area contributed by atoms with Crippen LogP contribution in [0.4, 0.5) is 5.82 Å². The van der Waals surface area contributed by atoms with Crippen LogP contribution in [-0.4, -0.2) is 69.1 Å². The number of hydroxylamine groups is 1. The molecule has 0 unspecified atom stereocenters. The average Bonchev–Trinajstić information content (AvgIpc) is 3.38. The zero-order valence-electron chi connectivity index (χ0n) is 20.0. The molecule has 0 radical (unpaired) electrons. The Morgan fingerprint density at radius 1 is 0.784 bits per heavy atom. The quantitative estimate of drug-likeness (QED) is 0.239. The van der Waals surface area contributed by atoms with Gasteiger partial charge in [0.25, 0.3) is 17.7 Å². The summed E-state index contributed by atoms with van der Waals surface area (Å²) in [5, 5.41) is 20.4. The predicted octanol–water partition coefficient (Wildman–Crippen LogP) is 2.89. The first-order chi connectivity index (χ1) is 18.0. The van der Waals surface area contributed by atoms with Gasteiger partial charge in [0.2, 0.25) is 0 Å². The molecule has 0 bridgehead atoms. The van der Waals surface area contributed by atoms with Gasteiger partial charge in [-0.3, -0.25) is 24.7 Å². The van der Waals surface area contributed by atoms with E-state index in [-0.39, 0.29) is 17.4 Å². The van der Waals surface area contributed by atoms with Crippen molar-refractivity contribution in [2.24, 2.45) is 0 Å². The summed E-state index contributed by atoms with van der Waals surface area (Å²) in [5.41, 5.74) is 4.87. The summed E-state index contributed by atoms with van der Waals surface area (Å²) in [7, 11) is 0. The largest absolute Gasteiger partial charge is 0.364 e. The summed E-state index contributed by atoms with van der Waals surface area (Å²) < 4.78 is 0. The van der Waals surface area contributed by atoms with E-state index in [1.165, 1.54) is 12.1 Å². The minimum Gasteiger partial charge on any atom is -0.364 e. The van der Waals surface area contributed by atoms with Crippen molar-refractivity contribution in [3.8, 4) is 0 Å². The van der Waals surface area contributed by atoms with Crippen LogP contribution in [0.1, 0.15) is 36.6 Å². The molecule has 10 heteroatoms. The number of benzene rings is 3. The lowest BCUT2D eigenvalue weighted by molar-refractivity contribution is 0.0535. The Kier molecular flexibility index (Phi) is 6.82. The lowest BCUT2D eigenvalue weighted by Crippen LogP contribution is -2.50. The number of para-hydroxylation sites is 1. The highest BCUT2D eigenvalue weighted by atomic mass is 16.5. The molecule has 1 aliphatic heterocycles. The van der Waals surface area contributed by atoms with Gasteiger partial charge >= 0.3 is 0 Å². The molecule has 10 nitrogen and oxygen atoms in total. The number of rotatable bonds is 6. The number of H-pyrrole nitrogens is 1. The number of amides is 3. The van der Waals surface area contributed by atoms with Gasteiger partial charge in [-0.1, -0.05) is 24.3 Å². The van der Waals surface area contributed by atoms with Crippen molar-refractivity contribution in [2.45, 2.75) is 6.54 Å². The molecular weight excluding hydrogens is 472 g/mol. The van der Waals surface area contributed by atoms with Crippen molar-refractivity contribution in [1.82, 2.24) is 25.5 Å². The van der Waals surface area contributed by atoms with Gasteiger partial charge in [0.05, 0.1) is 5.52 Å². The molecule has 1 fully saturated rings. The second kappa shape index (κ2) is 10.5. The van der Waals surface area contributed by atoms with Crippen molar-refractivity contribution in [1.29, 1.82) is 0 Å². The molecule has 1 aromatic heterocycles. The highest BCUT2D eigenvalue weighted by molar-refractivity contribution is 5.98. The monoisotopic (exact) mass is 498 g/mol. The van der Waals surface area contributed by atoms with Crippen molar-refractivity contribution in [3.63, 3.8) is 0 Å². The molecule has 0 atom stereocenters. The Morgan fingerprint density at radius 3 is 1.92 bits per heavy atom. The second-order valence-electron chi connectivity index (χ2n) is 8.77. The van der Waals surface area contributed by atoms with Crippen LogP contribution in [0.15, 0.2) is 72.8 Å². The highest BCUT2D eigenvalue weighted by Gasteiger charge is 2.25. The number of hydrogen-bond donors (Lipinski definition) is 4. The Labute approximate surface area is 212 Å². The molecular formula is C27H26N6O4. The summed E-state index contributed by atoms with van der Waals surface area (Å²) in [6.07, 6.45) is 0. The maximum Gasteiger partial charge on any atom is 0.274 e. The first kappa shape index (κ1) is 24.0. The zero-order chi connectivity index (χ0) is 25.8. The zero-order valence-corrected chi connectivity index (χ0v) is 20.0. The number of carbonyl (C=O) groups excluding carboxylic acids is 3. The number of carbonyl (C=O) groups is 3. The smallest absolute Gasteiger partial charge is 0.274 e. The van der Waals surface area contributed by atoms with Gasteiger partial charge in [-0.25, -0.2) is 5.48 Å². The molecule has 0 saturated carbocycles. The summed E-state index contributed by atoms with van der Waals surface area (Å²) in [5.74, 6) is -0.0784. The van der Waals surface area contributed by atoms with Crippen LogP contribution >= 0.6 is 0 Å². The number of nitrogens with zero attached hydrogens (tertiary/aromatic N) is 3. The van der Waals surface area contributed by atoms with E-state index >= 15 is 0 Å². The third-order valence-corrected chi connectivity index (χ3v) is 6.48. The number of aromatic nitrogens is 2. The molecule has 2 heterocycles. The van der Waals surface area contributed by atoms with Crippen LogP contribution in [0.25, 0.3) is 10.9 Å². The molecule has 0 spiro atoms. The predicted molar refractivity (Wildman–Crippen MR) is 137 cm³/mol. The number of anilines is 1. The van der Waals surface area contributed by atoms with Gasteiger partial charge in [-0.15, -0.1) is 0 Å². The van der Waals surface area contributed by atoms with Crippen molar-refractivity contribution >= 4 is 34.4 Å². The first-order valence-electron chi connectivity index (χ1n) is 11.9. The van der Waals surface area contributed by atoms with Crippen molar-refractivity contribution in [2.75, 3.05) is 31.5 Å². The van der Waals surface area contributed by atoms with Gasteiger partial charge in [0.1, 0.15) is 0 Å². The van der Waals surface area contributed by atoms with E-state index < -0.39 is 5.91 Å². The van der Waals surface area contributed by atoms with Gasteiger partial charge in [-0.2, -0.15) is 5.10 Å². The third-order valence-electron chi connectivity index (χ3n) is 6.48. The normalized spacial score (nSPS) is 13.4. The maximum atomic E-state index is 13.0. The number of fused-ring (bicyclic) bond motifs is 1. The van der Waals surface area contributed by atoms with E-state index in [9.17, 15) is 14.4 Å². The van der Waals surface area contributed by atoms with E-state index in [1.54, 1.807) is 27.4 Å². The summed E-state index contributed by atoms with van der Waals surface area (Å²) >= 11 is 0. The number of piperazine rings is 1. The van der Waals surface area contributed by atoms with Crippen LogP contribution < -0.4 is 10.8 Å². The molecule has 0 aliphatic carbocycles. The minimum absolute atomic E-state index is 0.0655. The lowest BCUT2D eigenvalue weighted by atomic mass is 10.1. The average molecular weight is 499 g/mol. The van der Waals surface area contributed by atoms with E-state index in [0.717, 1.165) is 22.3 Å². The third kappa shape index (κ3) is 5.14. The Morgan fingerprint density at radius 2 is 1.32 bits per heavy atom. The van der Waals surface area contributed by atoms with E-state index in [1.807, 2.05) is 48.5 Å². The van der Waals surface area contributed by atoms with Gasteiger partial charge in [0, 0.05) is 54.8 Å². The molecule has 5 rings (SSSR count). The topological polar surface area (TPSA) is 131 Å². The number of nitrogens with one attached hydrogen (secondary N) is 3. The van der Waals surface area contributed by atoms with E-state index in [0.29, 0.717) is 43.9 Å². The molecule has 37 heavy (non-hydrogen) atoms. The number of hydrogen-bond acceptors (Lipinski definition) is 6. The fourth-order valence-electron chi connectivity index (χ4n) is 4.36. The fourth-order valence-corrected chi connectivity index (χ4v) is 4.36. The standard InChI is InChI=1S/C27H26N6O4/c34-25(31-37)19-9-11-21(12-10-19)27(36)33-15-13-32(14-16-33)26(35)20-7-5-18(6-8-20)17-28-24-22-3-1-2-4-23(22)29-30-24/h1-12,37H,13-17H2,(H,31,34)(H2,28,29,30). The molecule has 188 valence electrons. The molecule has 1 aliphatic rings. The summed E-state index contributed by atoms with van der Waals surface area (Å²) in [4.78, 5) is 40.7. The Bertz CT molecular complexity index is 1420. The fraction of sp³-hybridized carbons (Fsp3) is 0.185. The Balaban J connectivity index is 1.14. The minimum atomic E-state index is -0.637. The molecule has 1 saturated heterocycles. The number of aromatic amines is 1. The van der Waals surface area contributed by atoms with Gasteiger partial charge in [-0.05, 0) is 54.1 Å². The van der Waals surface area contributed by atoms with E-state index in [2.05, 4.69) is 15.5 Å². The lowest BCUT2D eigenvalue weighted by Gasteiger charge is -2.35. The van der Waals surface area contributed by atoms with E-state index in [4.69, 9.17) is 5.21 Å². The molecule has 4 N–H and O–H groups in total. The van der Waals surface area contributed by atoms with Crippen LogP contribution in [0.3, 0.4) is 0 Å². The van der Waals surface area contributed by atoms with Crippen molar-refractivity contribution in [3.05, 3.63) is 95.1 Å².